The van der Waals surface area contributed by atoms with E-state index in [4.69, 9.17) is 11.1 Å². The van der Waals surface area contributed by atoms with Crippen molar-refractivity contribution in [2.24, 2.45) is 5.73 Å². The summed E-state index contributed by atoms with van der Waals surface area (Å²) >= 11 is 0. The van der Waals surface area contributed by atoms with Gasteiger partial charge in [-0.15, -0.1) is 0 Å². The summed E-state index contributed by atoms with van der Waals surface area (Å²) in [7, 11) is 0. The Kier molecular flexibility index (Phi) is 12.4. The van der Waals surface area contributed by atoms with Crippen molar-refractivity contribution < 1.29 is 61.3 Å². The third-order valence-electron chi connectivity index (χ3n) is 1.70. The number of guanidine groups is 1. The molecule has 0 spiro atoms. The second-order valence-electron chi connectivity index (χ2n) is 2.89. The number of nitrogens with two attached hydrogens (primary N) is 1. The fraction of sp³-hybridized carbons (Fsp3) is 0.556. The van der Waals surface area contributed by atoms with Gasteiger partial charge in [0.15, 0.2) is 5.96 Å². The maximum Gasteiger partial charge on any atom is 1.00 e. The molecule has 3 N–H and O–H groups in total. The summed E-state index contributed by atoms with van der Waals surface area (Å²) in [6.45, 7) is 2.07. The van der Waals surface area contributed by atoms with Crippen molar-refractivity contribution >= 4 is 11.9 Å². The monoisotopic (exact) mass is 237 g/mol. The zero-order valence-electron chi connectivity index (χ0n) is 9.32. The van der Waals surface area contributed by atoms with E-state index in [0.29, 0.717) is 6.54 Å². The van der Waals surface area contributed by atoms with Gasteiger partial charge in [0, 0.05) is 6.54 Å². The average molecular weight is 237 g/mol. The van der Waals surface area contributed by atoms with Gasteiger partial charge >= 0.3 is 51.4 Å². The average Bonchev–Trinajstić information content (AvgIpc) is 2.09. The molecule has 0 radical (unpaired) electrons. The first-order valence-corrected chi connectivity index (χ1v) is 4.48. The molecule has 0 heterocycles. The van der Waals surface area contributed by atoms with E-state index in [0.717, 1.165) is 12.8 Å². The molecule has 0 amide bonds. The summed E-state index contributed by atoms with van der Waals surface area (Å²) < 4.78 is 0. The summed E-state index contributed by atoms with van der Waals surface area (Å²) in [6.07, 6.45) is 5.54. The molecule has 5 nitrogen and oxygen atoms in total. The predicted molar refractivity (Wildman–Crippen MR) is 52.5 cm³/mol. The number of unbranched alkanes of at least 4 members (excludes halogenated alkanes) is 1. The first kappa shape index (κ1) is 17.5. The zero-order chi connectivity index (χ0) is 11.0. The summed E-state index contributed by atoms with van der Waals surface area (Å²) in [5.74, 6) is -1.44. The minimum atomic E-state index is -1.22. The standard InChI is InChI=1S/C9H17N3O2.K/c1-2-3-4-5-6-12(9(10)11)7-8(13)14;/h2-3H,4-7H2,1H3,(H3,10,11)(H,13,14);/q;+1/p-1/b3-2+;. The Labute approximate surface area is 133 Å². The number of carbonyl (C=O) groups excluding carboxylic acids is 1. The van der Waals surface area contributed by atoms with Gasteiger partial charge in [0.05, 0.1) is 12.5 Å². The molecule has 0 aliphatic heterocycles. The van der Waals surface area contributed by atoms with Gasteiger partial charge in [-0.3, -0.25) is 5.41 Å². The maximum absolute atomic E-state index is 10.3. The Morgan fingerprint density at radius 3 is 2.60 bits per heavy atom. The van der Waals surface area contributed by atoms with Crippen molar-refractivity contribution in [3.8, 4) is 0 Å². The van der Waals surface area contributed by atoms with Gasteiger partial charge in [-0.05, 0) is 19.8 Å². The molecular weight excluding hydrogens is 221 g/mol. The molecular formula is C9H16KN3O2. The molecule has 0 unspecified atom stereocenters. The van der Waals surface area contributed by atoms with Crippen LogP contribution in [0, 0.1) is 5.41 Å². The van der Waals surface area contributed by atoms with E-state index in [2.05, 4.69) is 0 Å². The first-order valence-electron chi connectivity index (χ1n) is 4.48. The fourth-order valence-electron chi connectivity index (χ4n) is 1.01. The van der Waals surface area contributed by atoms with Crippen molar-refractivity contribution in [3.63, 3.8) is 0 Å². The molecule has 6 heteroatoms. The zero-order valence-corrected chi connectivity index (χ0v) is 12.4. The SMILES string of the molecule is C/C=C/CCCN(CC(=O)[O-])C(=N)N.[K+]. The second kappa shape index (κ2) is 10.6. The smallest absolute Gasteiger partial charge is 0.548 e. The molecule has 0 aromatic rings. The van der Waals surface area contributed by atoms with Gasteiger partial charge in [0.25, 0.3) is 0 Å². The predicted octanol–water partition coefficient (Wildman–Crippen LogP) is -3.71. The Bertz CT molecular complexity index is 231. The second-order valence-corrected chi connectivity index (χ2v) is 2.89. The van der Waals surface area contributed by atoms with Crippen molar-refractivity contribution in [1.82, 2.24) is 4.90 Å². The van der Waals surface area contributed by atoms with Crippen LogP contribution in [0.1, 0.15) is 19.8 Å². The van der Waals surface area contributed by atoms with Crippen molar-refractivity contribution in [1.29, 1.82) is 5.41 Å². The molecule has 0 aromatic heterocycles. The van der Waals surface area contributed by atoms with Gasteiger partial charge in [0.1, 0.15) is 0 Å². The first-order chi connectivity index (χ1) is 6.57. The van der Waals surface area contributed by atoms with Crippen LogP contribution in [0.25, 0.3) is 0 Å². The number of carbonyl (C=O) groups is 1. The number of hydrogen-bond acceptors (Lipinski definition) is 3. The van der Waals surface area contributed by atoms with Crippen molar-refractivity contribution in [3.05, 3.63) is 12.2 Å². The van der Waals surface area contributed by atoms with Crippen LogP contribution in [0.4, 0.5) is 0 Å². The minimum absolute atomic E-state index is 0. The normalized spacial score (nSPS) is 9.67. The number of allylic oxidation sites excluding steroid dienone is 2. The number of rotatable bonds is 6. The molecule has 0 aliphatic carbocycles. The third kappa shape index (κ3) is 10.4. The summed E-state index contributed by atoms with van der Waals surface area (Å²) in [5.41, 5.74) is 5.20. The summed E-state index contributed by atoms with van der Waals surface area (Å²) in [4.78, 5) is 11.6. The molecule has 15 heavy (non-hydrogen) atoms. The van der Waals surface area contributed by atoms with Crippen LogP contribution in [-0.2, 0) is 4.79 Å². The van der Waals surface area contributed by atoms with Crippen LogP contribution in [0.3, 0.4) is 0 Å². The molecule has 0 rings (SSSR count). The fourth-order valence-corrected chi connectivity index (χ4v) is 1.01. The number of carboxylic acid groups (broad SMARTS) is 1. The molecule has 0 atom stereocenters. The van der Waals surface area contributed by atoms with Crippen LogP contribution in [0.15, 0.2) is 12.2 Å². The van der Waals surface area contributed by atoms with Crippen LogP contribution < -0.4 is 62.2 Å². The molecule has 80 valence electrons. The Morgan fingerprint density at radius 2 is 2.20 bits per heavy atom. The third-order valence-corrected chi connectivity index (χ3v) is 1.70. The van der Waals surface area contributed by atoms with Crippen molar-refractivity contribution in [2.45, 2.75) is 19.8 Å². The van der Waals surface area contributed by atoms with E-state index in [1.165, 1.54) is 4.90 Å². The van der Waals surface area contributed by atoms with Gasteiger partial charge in [-0.25, -0.2) is 0 Å². The van der Waals surface area contributed by atoms with E-state index in [1.54, 1.807) is 0 Å². The van der Waals surface area contributed by atoms with Gasteiger partial charge < -0.3 is 20.5 Å². The van der Waals surface area contributed by atoms with Crippen LogP contribution in [0.5, 0.6) is 0 Å². The summed E-state index contributed by atoms with van der Waals surface area (Å²) in [5, 5.41) is 17.4. The number of carboxylic acids is 1. The molecule has 0 saturated heterocycles. The maximum atomic E-state index is 10.3. The van der Waals surface area contributed by atoms with E-state index in [9.17, 15) is 9.90 Å². The molecule has 0 saturated carbocycles. The Morgan fingerprint density at radius 1 is 1.60 bits per heavy atom. The molecule has 0 aromatic carbocycles. The quantitative estimate of drug-likeness (QED) is 0.163. The van der Waals surface area contributed by atoms with E-state index < -0.39 is 5.97 Å². The Balaban J connectivity index is 0. The minimum Gasteiger partial charge on any atom is -0.548 e. The molecule has 0 aliphatic rings. The number of nitrogens with one attached hydrogen (secondary N) is 1. The van der Waals surface area contributed by atoms with E-state index in [1.807, 2.05) is 19.1 Å². The van der Waals surface area contributed by atoms with Crippen molar-refractivity contribution in [2.75, 3.05) is 13.1 Å². The number of nitrogens with zero attached hydrogens (tertiary/aromatic N) is 1. The number of hydrogen-bond donors (Lipinski definition) is 2. The Hall–Kier alpha value is 0.116. The van der Waals surface area contributed by atoms with Crippen LogP contribution >= 0.6 is 0 Å². The van der Waals surface area contributed by atoms with Gasteiger partial charge in [-0.1, -0.05) is 12.2 Å². The van der Waals surface area contributed by atoms with E-state index >= 15 is 0 Å². The molecule has 0 fully saturated rings. The van der Waals surface area contributed by atoms with E-state index in [-0.39, 0.29) is 63.9 Å². The molecule has 0 bridgehead atoms. The number of aliphatic carboxylic acids is 1. The van der Waals surface area contributed by atoms with Gasteiger partial charge in [-0.2, -0.15) is 0 Å². The van der Waals surface area contributed by atoms with Crippen LogP contribution in [0.2, 0.25) is 0 Å². The van der Waals surface area contributed by atoms with Gasteiger partial charge in [0.2, 0.25) is 0 Å². The van der Waals surface area contributed by atoms with Crippen LogP contribution in [-0.4, -0.2) is 29.9 Å². The summed E-state index contributed by atoms with van der Waals surface area (Å²) in [6, 6.07) is 0. The largest absolute Gasteiger partial charge is 1.00 e. The topological polar surface area (TPSA) is 93.2 Å².